The molecule has 1 atom stereocenters. The Balaban J connectivity index is 4.65. The number of carbonyl (C=O) groups is 3. The molecule has 0 fully saturated rings. The predicted molar refractivity (Wildman–Crippen MR) is 256 cm³/mol. The number of unbranched alkanes of at least 4 members (excludes halogenated alkanes) is 10. The Morgan fingerprint density at radius 3 is 1.35 bits per heavy atom. The van der Waals surface area contributed by atoms with Crippen LogP contribution in [-0.2, 0) is 28.6 Å². The summed E-state index contributed by atoms with van der Waals surface area (Å²) in [6.07, 6.45) is 66.0. The van der Waals surface area contributed by atoms with E-state index in [4.69, 9.17) is 14.2 Å². The Bertz CT molecular complexity index is 1370. The van der Waals surface area contributed by atoms with Gasteiger partial charge in [0.2, 0.25) is 0 Å². The predicted octanol–water partition coefficient (Wildman–Crippen LogP) is 15.1. The SMILES string of the molecule is CC/C=C/C=C/C=C/C=C/C=C/CCCC(=O)OC(COC(=O)CC/C=C/C/C=C/CCCCCCCC)COC(=O)CCCCC/C=C/C/C=C/C/C=C/C/C=C/CC. The Kier molecular flexibility index (Phi) is 43.7. The van der Waals surface area contributed by atoms with Gasteiger partial charge in [0.1, 0.15) is 13.2 Å². The molecule has 0 aromatic rings. The van der Waals surface area contributed by atoms with Crippen molar-refractivity contribution in [3.8, 4) is 0 Å². The lowest BCUT2D eigenvalue weighted by atomic mass is 10.1. The first-order valence-corrected chi connectivity index (χ1v) is 23.3. The Morgan fingerprint density at radius 2 is 0.783 bits per heavy atom. The van der Waals surface area contributed by atoms with Gasteiger partial charge in [0, 0.05) is 19.3 Å². The second-order valence-corrected chi connectivity index (χ2v) is 14.7. The summed E-state index contributed by atoms with van der Waals surface area (Å²) < 4.78 is 16.6. The van der Waals surface area contributed by atoms with Crippen LogP contribution in [0.2, 0.25) is 0 Å². The maximum atomic E-state index is 12.7. The molecule has 0 saturated carbocycles. The van der Waals surface area contributed by atoms with Gasteiger partial charge in [0.15, 0.2) is 6.10 Å². The summed E-state index contributed by atoms with van der Waals surface area (Å²) in [6, 6.07) is 0. The molecular formula is C54H82O6. The third kappa shape index (κ3) is 44.6. The van der Waals surface area contributed by atoms with Gasteiger partial charge in [-0.25, -0.2) is 0 Å². The van der Waals surface area contributed by atoms with Gasteiger partial charge in [-0.15, -0.1) is 0 Å². The first kappa shape index (κ1) is 55.5. The second kappa shape index (κ2) is 47.2. The maximum absolute atomic E-state index is 12.7. The highest BCUT2D eigenvalue weighted by Gasteiger charge is 2.19. The number of carbonyl (C=O) groups excluding carboxylic acids is 3. The van der Waals surface area contributed by atoms with Crippen LogP contribution < -0.4 is 0 Å². The Labute approximate surface area is 366 Å². The first-order chi connectivity index (χ1) is 29.5. The van der Waals surface area contributed by atoms with Crippen LogP contribution >= 0.6 is 0 Å². The molecule has 1 unspecified atom stereocenters. The van der Waals surface area contributed by atoms with E-state index in [-0.39, 0.29) is 38.0 Å². The first-order valence-electron chi connectivity index (χ1n) is 23.3. The van der Waals surface area contributed by atoms with Crippen molar-refractivity contribution in [2.24, 2.45) is 0 Å². The van der Waals surface area contributed by atoms with E-state index in [0.29, 0.717) is 25.7 Å². The van der Waals surface area contributed by atoms with Gasteiger partial charge in [0.05, 0.1) is 0 Å². The third-order valence-electron chi connectivity index (χ3n) is 9.01. The quantitative estimate of drug-likeness (QED) is 0.0202. The van der Waals surface area contributed by atoms with Crippen LogP contribution in [0, 0.1) is 0 Å². The van der Waals surface area contributed by atoms with Gasteiger partial charge < -0.3 is 14.2 Å². The van der Waals surface area contributed by atoms with E-state index < -0.39 is 12.1 Å². The minimum Gasteiger partial charge on any atom is -0.462 e. The van der Waals surface area contributed by atoms with Crippen LogP contribution in [0.1, 0.15) is 168 Å². The van der Waals surface area contributed by atoms with E-state index >= 15 is 0 Å². The summed E-state index contributed by atoms with van der Waals surface area (Å²) in [6.45, 7) is 6.19. The summed E-state index contributed by atoms with van der Waals surface area (Å²) in [7, 11) is 0. The molecule has 6 nitrogen and oxygen atoms in total. The Morgan fingerprint density at radius 1 is 0.367 bits per heavy atom. The zero-order valence-electron chi connectivity index (χ0n) is 37.9. The average molecular weight is 827 g/mol. The normalized spacial score (nSPS) is 13.3. The molecule has 0 amide bonds. The van der Waals surface area contributed by atoms with E-state index in [1.54, 1.807) is 0 Å². The zero-order chi connectivity index (χ0) is 43.7. The van der Waals surface area contributed by atoms with Gasteiger partial charge in [0.25, 0.3) is 0 Å². The van der Waals surface area contributed by atoms with Crippen LogP contribution in [-0.4, -0.2) is 37.2 Å². The lowest BCUT2D eigenvalue weighted by Gasteiger charge is -2.18. The summed E-state index contributed by atoms with van der Waals surface area (Å²) >= 11 is 0. The number of hydrogen-bond acceptors (Lipinski definition) is 6. The second-order valence-electron chi connectivity index (χ2n) is 14.7. The van der Waals surface area contributed by atoms with Gasteiger partial charge in [-0.05, 0) is 89.9 Å². The lowest BCUT2D eigenvalue weighted by molar-refractivity contribution is -0.166. The van der Waals surface area contributed by atoms with Crippen LogP contribution in [0.15, 0.2) is 134 Å². The molecule has 0 aliphatic heterocycles. The van der Waals surface area contributed by atoms with Crippen molar-refractivity contribution in [3.63, 3.8) is 0 Å². The van der Waals surface area contributed by atoms with E-state index in [1.807, 2.05) is 60.8 Å². The van der Waals surface area contributed by atoms with Crippen molar-refractivity contribution in [2.75, 3.05) is 13.2 Å². The fourth-order valence-corrected chi connectivity index (χ4v) is 5.57. The topological polar surface area (TPSA) is 78.9 Å². The molecule has 0 aliphatic carbocycles. The molecule has 0 aromatic heterocycles. The fourth-order valence-electron chi connectivity index (χ4n) is 5.57. The molecule has 334 valence electrons. The van der Waals surface area contributed by atoms with Gasteiger partial charge in [-0.1, -0.05) is 193 Å². The van der Waals surface area contributed by atoms with Crippen molar-refractivity contribution in [1.82, 2.24) is 0 Å². The van der Waals surface area contributed by atoms with Crippen LogP contribution in [0.3, 0.4) is 0 Å². The maximum Gasteiger partial charge on any atom is 0.306 e. The molecule has 0 rings (SSSR count). The molecule has 0 aliphatic rings. The minimum atomic E-state index is -0.854. The van der Waals surface area contributed by atoms with Crippen molar-refractivity contribution < 1.29 is 28.6 Å². The van der Waals surface area contributed by atoms with Crippen LogP contribution in [0.5, 0.6) is 0 Å². The van der Waals surface area contributed by atoms with Crippen molar-refractivity contribution >= 4 is 17.9 Å². The highest BCUT2D eigenvalue weighted by molar-refractivity contribution is 5.71. The van der Waals surface area contributed by atoms with Crippen LogP contribution in [0.25, 0.3) is 0 Å². The van der Waals surface area contributed by atoms with Crippen molar-refractivity contribution in [1.29, 1.82) is 0 Å². The minimum absolute atomic E-state index is 0.146. The standard InChI is InChI=1S/C54H82O6/c1-4-7-10-13-16-19-22-25-26-27-30-32-35-38-41-44-47-53(56)59-50-51(60-54(57)48-45-42-39-36-33-29-24-21-18-15-12-9-6-3)49-58-52(55)46-43-40-37-34-31-28-23-20-17-14-11-8-5-2/h7,9-10,12,15-16,18-19,21,24-26,28-33,36-37,39-40,51H,4-6,8,11,13-14,17,20,22-23,27,34-35,38,41-50H2,1-3H3/b10-7+,12-9+,18-15+,19-16+,24-21+,26-25+,31-28+,32-30+,33-29+,39-36+,40-37+. The summed E-state index contributed by atoms with van der Waals surface area (Å²) in [5.41, 5.74) is 0. The van der Waals surface area contributed by atoms with Crippen LogP contribution in [0.4, 0.5) is 0 Å². The highest BCUT2D eigenvalue weighted by atomic mass is 16.6. The molecule has 60 heavy (non-hydrogen) atoms. The third-order valence-corrected chi connectivity index (χ3v) is 9.01. The summed E-state index contributed by atoms with van der Waals surface area (Å²) in [5.74, 6) is -1.13. The number of allylic oxidation sites excluding steroid dienone is 22. The van der Waals surface area contributed by atoms with E-state index in [1.165, 1.54) is 38.5 Å². The number of esters is 3. The van der Waals surface area contributed by atoms with E-state index in [2.05, 4.69) is 93.7 Å². The molecule has 0 spiro atoms. The van der Waals surface area contributed by atoms with Gasteiger partial charge in [-0.2, -0.15) is 0 Å². The smallest absolute Gasteiger partial charge is 0.306 e. The fraction of sp³-hybridized carbons (Fsp3) is 0.537. The van der Waals surface area contributed by atoms with Crippen molar-refractivity contribution in [3.05, 3.63) is 134 Å². The van der Waals surface area contributed by atoms with E-state index in [0.717, 1.165) is 70.6 Å². The monoisotopic (exact) mass is 827 g/mol. The Hall–Kier alpha value is -4.45. The number of hydrogen-bond donors (Lipinski definition) is 0. The van der Waals surface area contributed by atoms with Gasteiger partial charge >= 0.3 is 17.9 Å². The molecule has 0 heterocycles. The van der Waals surface area contributed by atoms with Gasteiger partial charge in [-0.3, -0.25) is 14.4 Å². The molecule has 0 bridgehead atoms. The summed E-state index contributed by atoms with van der Waals surface area (Å²) in [5, 5.41) is 0. The molecule has 0 aromatic carbocycles. The number of ether oxygens (including phenoxy) is 3. The van der Waals surface area contributed by atoms with Crippen molar-refractivity contribution in [2.45, 2.75) is 175 Å². The largest absolute Gasteiger partial charge is 0.462 e. The zero-order valence-corrected chi connectivity index (χ0v) is 37.9. The highest BCUT2D eigenvalue weighted by Crippen LogP contribution is 2.10. The van der Waals surface area contributed by atoms with E-state index in [9.17, 15) is 14.4 Å². The molecule has 0 saturated heterocycles. The molecule has 0 radical (unpaired) electrons. The molecule has 0 N–H and O–H groups in total. The average Bonchev–Trinajstić information content (AvgIpc) is 3.24. The summed E-state index contributed by atoms with van der Waals surface area (Å²) in [4.78, 5) is 37.7. The molecular weight excluding hydrogens is 745 g/mol. The molecule has 6 heteroatoms. The number of rotatable bonds is 39. The lowest BCUT2D eigenvalue weighted by Crippen LogP contribution is -2.30.